The largest absolute Gasteiger partial charge is 0.311 e. The molecule has 11 rings (SSSR count). The van der Waals surface area contributed by atoms with Gasteiger partial charge in [-0.2, -0.15) is 0 Å². The van der Waals surface area contributed by atoms with Gasteiger partial charge in [0, 0.05) is 62.7 Å². The van der Waals surface area contributed by atoms with Crippen LogP contribution in [0.5, 0.6) is 0 Å². The first-order valence-corrected chi connectivity index (χ1v) is 18.3. The standard InChI is InChI=1S/C49H31N5/c1-2-10-33(11-3-1)49-52-44(28-45(53-49)34-22-23-36(26-34)54-46-17-9-8-15-40(46)41-24-25-50-30-47(41)54)32-20-18-31(19-21-32)35-27-43-39-14-5-4-12-37(39)38-13-6-7-16-42(38)48(43)51-29-35/h1-22,24-30H,23H2. The third-order valence-corrected chi connectivity index (χ3v) is 10.8. The maximum Gasteiger partial charge on any atom is 0.160 e. The van der Waals surface area contributed by atoms with Crippen LogP contribution in [0.2, 0.25) is 0 Å². The predicted octanol–water partition coefficient (Wildman–Crippen LogP) is 12.2. The number of hydrogen-bond donors (Lipinski definition) is 0. The molecular weight excluding hydrogens is 659 g/mol. The lowest BCUT2D eigenvalue weighted by atomic mass is 9.95. The molecule has 0 radical (unpaired) electrons. The van der Waals surface area contributed by atoms with E-state index in [2.05, 4.69) is 149 Å². The number of hydrogen-bond acceptors (Lipinski definition) is 4. The minimum Gasteiger partial charge on any atom is -0.311 e. The normalized spacial score (nSPS) is 13.0. The highest BCUT2D eigenvalue weighted by atomic mass is 15.0. The quantitative estimate of drug-likeness (QED) is 0.169. The number of nitrogens with zero attached hydrogens (tertiary/aromatic N) is 5. The van der Waals surface area contributed by atoms with Crippen LogP contribution in [0.1, 0.15) is 12.1 Å². The Morgan fingerprint density at radius 3 is 1.93 bits per heavy atom. The molecule has 1 aliphatic rings. The van der Waals surface area contributed by atoms with E-state index in [0.29, 0.717) is 5.82 Å². The molecule has 0 N–H and O–H groups in total. The second-order valence-corrected chi connectivity index (χ2v) is 13.9. The number of rotatable bonds is 5. The average molecular weight is 690 g/mol. The van der Waals surface area contributed by atoms with E-state index in [9.17, 15) is 0 Å². The minimum absolute atomic E-state index is 0.703. The number of aromatic nitrogens is 5. The zero-order valence-electron chi connectivity index (χ0n) is 29.2. The Morgan fingerprint density at radius 2 is 1.11 bits per heavy atom. The highest BCUT2D eigenvalue weighted by molar-refractivity contribution is 6.24. The van der Waals surface area contributed by atoms with Gasteiger partial charge in [-0.15, -0.1) is 0 Å². The molecule has 1 aliphatic carbocycles. The fraction of sp³-hybridized carbons (Fsp3) is 0.0204. The maximum absolute atomic E-state index is 5.14. The van der Waals surface area contributed by atoms with Crippen LogP contribution in [0, 0.1) is 0 Å². The van der Waals surface area contributed by atoms with Crippen molar-refractivity contribution in [3.8, 4) is 33.8 Å². The average Bonchev–Trinajstić information content (AvgIpc) is 3.87. The Balaban J connectivity index is 0.996. The Bertz CT molecular complexity index is 3080. The third-order valence-electron chi connectivity index (χ3n) is 10.8. The van der Waals surface area contributed by atoms with Crippen molar-refractivity contribution < 1.29 is 0 Å². The zero-order valence-corrected chi connectivity index (χ0v) is 29.2. The van der Waals surface area contributed by atoms with E-state index in [0.717, 1.165) is 62.1 Å². The van der Waals surface area contributed by atoms with E-state index in [1.165, 1.54) is 43.5 Å². The second-order valence-electron chi connectivity index (χ2n) is 13.9. The lowest BCUT2D eigenvalue weighted by molar-refractivity contribution is 1.15. The molecule has 5 nitrogen and oxygen atoms in total. The highest BCUT2D eigenvalue weighted by Gasteiger charge is 2.19. The van der Waals surface area contributed by atoms with E-state index in [-0.39, 0.29) is 0 Å². The molecule has 0 unspecified atom stereocenters. The molecule has 10 aromatic rings. The number of allylic oxidation sites excluding steroid dienone is 4. The lowest BCUT2D eigenvalue weighted by Gasteiger charge is -2.12. The van der Waals surface area contributed by atoms with Gasteiger partial charge in [-0.05, 0) is 57.6 Å². The van der Waals surface area contributed by atoms with E-state index >= 15 is 0 Å². The fourth-order valence-corrected chi connectivity index (χ4v) is 8.19. The molecule has 0 fully saturated rings. The summed E-state index contributed by atoms with van der Waals surface area (Å²) in [5, 5.41) is 8.46. The Labute approximate surface area is 311 Å². The molecule has 252 valence electrons. The van der Waals surface area contributed by atoms with Gasteiger partial charge in [-0.1, -0.05) is 127 Å². The summed E-state index contributed by atoms with van der Waals surface area (Å²) in [5.74, 6) is 0.703. The summed E-state index contributed by atoms with van der Waals surface area (Å²) in [5.41, 5.74) is 11.6. The van der Waals surface area contributed by atoms with Gasteiger partial charge in [0.2, 0.25) is 0 Å². The fourth-order valence-electron chi connectivity index (χ4n) is 8.19. The summed E-state index contributed by atoms with van der Waals surface area (Å²) in [7, 11) is 0. The van der Waals surface area contributed by atoms with Crippen LogP contribution in [0.25, 0.3) is 99.3 Å². The van der Waals surface area contributed by atoms with Gasteiger partial charge < -0.3 is 4.57 Å². The van der Waals surface area contributed by atoms with Crippen LogP contribution in [0.3, 0.4) is 0 Å². The number of para-hydroxylation sites is 1. The van der Waals surface area contributed by atoms with Gasteiger partial charge >= 0.3 is 0 Å². The third kappa shape index (κ3) is 4.86. The van der Waals surface area contributed by atoms with Gasteiger partial charge in [-0.3, -0.25) is 9.97 Å². The first-order chi connectivity index (χ1) is 26.8. The number of pyridine rings is 2. The molecule has 0 saturated carbocycles. The predicted molar refractivity (Wildman–Crippen MR) is 223 cm³/mol. The number of benzene rings is 6. The van der Waals surface area contributed by atoms with Crippen LogP contribution in [0.15, 0.2) is 176 Å². The number of fused-ring (bicyclic) bond motifs is 9. The van der Waals surface area contributed by atoms with Crippen molar-refractivity contribution >= 4 is 65.5 Å². The summed E-state index contributed by atoms with van der Waals surface area (Å²) >= 11 is 0. The topological polar surface area (TPSA) is 56.5 Å². The lowest BCUT2D eigenvalue weighted by Crippen LogP contribution is -1.98. The van der Waals surface area contributed by atoms with Crippen LogP contribution in [-0.4, -0.2) is 24.5 Å². The molecule has 0 bridgehead atoms. The maximum atomic E-state index is 5.14. The van der Waals surface area contributed by atoms with Crippen molar-refractivity contribution in [2.45, 2.75) is 6.42 Å². The van der Waals surface area contributed by atoms with Gasteiger partial charge in [-0.25, -0.2) is 9.97 Å². The summed E-state index contributed by atoms with van der Waals surface area (Å²) in [6.45, 7) is 0. The van der Waals surface area contributed by atoms with Crippen molar-refractivity contribution in [1.82, 2.24) is 24.5 Å². The molecule has 4 heterocycles. The van der Waals surface area contributed by atoms with Gasteiger partial charge in [0.15, 0.2) is 5.82 Å². The molecule has 0 spiro atoms. The van der Waals surface area contributed by atoms with Gasteiger partial charge in [0.1, 0.15) is 0 Å². The first-order valence-electron chi connectivity index (χ1n) is 18.3. The van der Waals surface area contributed by atoms with Crippen molar-refractivity contribution in [2.75, 3.05) is 0 Å². The monoisotopic (exact) mass is 689 g/mol. The SMILES string of the molecule is C1=C(c2cc(-c3ccc(-c4cnc5c6ccccc6c6ccccc6c5c4)cc3)nc(-c3ccccc3)n2)C=C(n2c3ccccc3c3ccncc32)C1. The Kier molecular flexibility index (Phi) is 6.85. The molecule has 54 heavy (non-hydrogen) atoms. The molecule has 0 aliphatic heterocycles. The van der Waals surface area contributed by atoms with Crippen molar-refractivity contribution in [2.24, 2.45) is 0 Å². The molecule has 0 saturated heterocycles. The van der Waals surface area contributed by atoms with Crippen LogP contribution < -0.4 is 0 Å². The summed E-state index contributed by atoms with van der Waals surface area (Å²) in [4.78, 5) is 19.8. The van der Waals surface area contributed by atoms with Crippen molar-refractivity contribution in [3.63, 3.8) is 0 Å². The van der Waals surface area contributed by atoms with Crippen LogP contribution in [0.4, 0.5) is 0 Å². The zero-order chi connectivity index (χ0) is 35.6. The Morgan fingerprint density at radius 1 is 0.463 bits per heavy atom. The van der Waals surface area contributed by atoms with Crippen LogP contribution >= 0.6 is 0 Å². The summed E-state index contributed by atoms with van der Waals surface area (Å²) in [6.07, 6.45) is 11.2. The summed E-state index contributed by atoms with van der Waals surface area (Å²) in [6, 6.07) is 51.2. The molecule has 6 aromatic carbocycles. The highest BCUT2D eigenvalue weighted by Crippen LogP contribution is 2.39. The van der Waals surface area contributed by atoms with Gasteiger partial charge in [0.25, 0.3) is 0 Å². The molecule has 4 aromatic heterocycles. The minimum atomic E-state index is 0.703. The van der Waals surface area contributed by atoms with E-state index in [1.54, 1.807) is 0 Å². The van der Waals surface area contributed by atoms with Gasteiger partial charge in [0.05, 0.1) is 34.1 Å². The molecular formula is C49H31N5. The Hall–Kier alpha value is -7.24. The molecule has 0 atom stereocenters. The summed E-state index contributed by atoms with van der Waals surface area (Å²) < 4.78 is 2.34. The van der Waals surface area contributed by atoms with E-state index in [1.807, 2.05) is 36.8 Å². The van der Waals surface area contributed by atoms with E-state index in [4.69, 9.17) is 15.0 Å². The van der Waals surface area contributed by atoms with Crippen molar-refractivity contribution in [3.05, 3.63) is 182 Å². The smallest absolute Gasteiger partial charge is 0.160 e. The van der Waals surface area contributed by atoms with E-state index < -0.39 is 0 Å². The van der Waals surface area contributed by atoms with Crippen LogP contribution in [-0.2, 0) is 0 Å². The molecule has 5 heteroatoms. The first kappa shape index (κ1) is 30.4. The molecule has 0 amide bonds. The van der Waals surface area contributed by atoms with Crippen molar-refractivity contribution in [1.29, 1.82) is 0 Å². The second kappa shape index (κ2) is 12.2.